The molecule has 1 aliphatic rings. The first-order chi connectivity index (χ1) is 8.18. The first-order valence-corrected chi connectivity index (χ1v) is 6.15. The van der Waals surface area contributed by atoms with Crippen LogP contribution in [0.1, 0.15) is 31.7 Å². The highest BCUT2D eigenvalue weighted by atomic mass is 35.5. The molecule has 108 valence electrons. The van der Waals surface area contributed by atoms with E-state index in [9.17, 15) is 4.79 Å². The normalized spacial score (nSPS) is 21.2. The van der Waals surface area contributed by atoms with Crippen molar-refractivity contribution in [3.8, 4) is 0 Å². The Morgan fingerprint density at radius 3 is 2.79 bits per heavy atom. The molecule has 1 atom stereocenters. The zero-order valence-electron chi connectivity index (χ0n) is 11.2. The SMILES string of the molecule is CCC1(C(=O)Nc2cnccc2C)CCCN1.Cl.Cl. The molecule has 1 amide bonds. The van der Waals surface area contributed by atoms with Crippen LogP contribution in [0.2, 0.25) is 0 Å². The first kappa shape index (κ1) is 18.2. The molecule has 19 heavy (non-hydrogen) atoms. The summed E-state index contributed by atoms with van der Waals surface area (Å²) in [6, 6.07) is 1.90. The van der Waals surface area contributed by atoms with Gasteiger partial charge in [0.05, 0.1) is 17.4 Å². The number of hydrogen-bond acceptors (Lipinski definition) is 3. The van der Waals surface area contributed by atoms with Gasteiger partial charge < -0.3 is 10.6 Å². The van der Waals surface area contributed by atoms with Crippen molar-refractivity contribution >= 4 is 36.4 Å². The minimum Gasteiger partial charge on any atom is -0.323 e. The lowest BCUT2D eigenvalue weighted by atomic mass is 9.93. The summed E-state index contributed by atoms with van der Waals surface area (Å²) in [5, 5.41) is 6.31. The number of aromatic nitrogens is 1. The number of hydrogen-bond donors (Lipinski definition) is 2. The second-order valence-corrected chi connectivity index (χ2v) is 4.61. The van der Waals surface area contributed by atoms with E-state index in [1.165, 1.54) is 0 Å². The average Bonchev–Trinajstić information content (AvgIpc) is 2.82. The van der Waals surface area contributed by atoms with E-state index >= 15 is 0 Å². The molecule has 6 heteroatoms. The maximum atomic E-state index is 12.3. The minimum absolute atomic E-state index is 0. The zero-order valence-corrected chi connectivity index (χ0v) is 12.9. The molecule has 0 aromatic carbocycles. The second kappa shape index (κ2) is 7.68. The van der Waals surface area contributed by atoms with Crippen molar-refractivity contribution in [2.24, 2.45) is 0 Å². The topological polar surface area (TPSA) is 54.0 Å². The van der Waals surface area contributed by atoms with Crippen LogP contribution in [0, 0.1) is 6.92 Å². The number of halogens is 2. The Morgan fingerprint density at radius 2 is 2.26 bits per heavy atom. The van der Waals surface area contributed by atoms with Gasteiger partial charge in [-0.1, -0.05) is 6.92 Å². The van der Waals surface area contributed by atoms with Gasteiger partial charge in [0.1, 0.15) is 0 Å². The molecule has 2 heterocycles. The van der Waals surface area contributed by atoms with Gasteiger partial charge in [-0.25, -0.2) is 0 Å². The van der Waals surface area contributed by atoms with E-state index in [1.54, 1.807) is 12.4 Å². The van der Waals surface area contributed by atoms with Crippen molar-refractivity contribution in [1.82, 2.24) is 10.3 Å². The molecule has 0 saturated carbocycles. The number of carbonyl (C=O) groups excluding carboxylic acids is 1. The minimum atomic E-state index is -0.387. The third kappa shape index (κ3) is 3.81. The Bertz CT molecular complexity index is 420. The summed E-state index contributed by atoms with van der Waals surface area (Å²) in [7, 11) is 0. The van der Waals surface area contributed by atoms with Crippen LogP contribution in [0.5, 0.6) is 0 Å². The molecule has 1 unspecified atom stereocenters. The van der Waals surface area contributed by atoms with Gasteiger partial charge in [0, 0.05) is 6.20 Å². The summed E-state index contributed by atoms with van der Waals surface area (Å²) in [6.45, 7) is 4.94. The Hall–Kier alpha value is -0.840. The van der Waals surface area contributed by atoms with E-state index in [0.29, 0.717) is 0 Å². The van der Waals surface area contributed by atoms with Crippen LogP contribution < -0.4 is 10.6 Å². The molecule has 2 rings (SSSR count). The molecule has 2 N–H and O–H groups in total. The predicted octanol–water partition coefficient (Wildman–Crippen LogP) is 2.70. The largest absolute Gasteiger partial charge is 0.323 e. The van der Waals surface area contributed by atoms with Crippen LogP contribution in [-0.4, -0.2) is 23.0 Å². The van der Waals surface area contributed by atoms with Crippen LogP contribution >= 0.6 is 24.8 Å². The summed E-state index contributed by atoms with van der Waals surface area (Å²) in [5.74, 6) is 0.0635. The van der Waals surface area contributed by atoms with Gasteiger partial charge in [-0.3, -0.25) is 9.78 Å². The third-order valence-electron chi connectivity index (χ3n) is 3.57. The summed E-state index contributed by atoms with van der Waals surface area (Å²) in [6.07, 6.45) is 6.22. The lowest BCUT2D eigenvalue weighted by Gasteiger charge is -2.26. The number of anilines is 1. The highest BCUT2D eigenvalue weighted by molar-refractivity contribution is 5.98. The van der Waals surface area contributed by atoms with Gasteiger partial charge in [-0.2, -0.15) is 0 Å². The lowest BCUT2D eigenvalue weighted by molar-refractivity contribution is -0.122. The van der Waals surface area contributed by atoms with Crippen LogP contribution in [0.15, 0.2) is 18.5 Å². The molecule has 0 radical (unpaired) electrons. The number of nitrogens with zero attached hydrogens (tertiary/aromatic N) is 1. The summed E-state index contributed by atoms with van der Waals surface area (Å²) < 4.78 is 0. The van der Waals surface area contributed by atoms with Crippen LogP contribution in [0.25, 0.3) is 0 Å². The number of rotatable bonds is 3. The third-order valence-corrected chi connectivity index (χ3v) is 3.57. The number of nitrogens with one attached hydrogen (secondary N) is 2. The van der Waals surface area contributed by atoms with Crippen molar-refractivity contribution < 1.29 is 4.79 Å². The average molecular weight is 306 g/mol. The summed E-state index contributed by atoms with van der Waals surface area (Å²) in [4.78, 5) is 16.4. The molecule has 1 aromatic rings. The Balaban J connectivity index is 0.00000162. The van der Waals surface area contributed by atoms with Crippen molar-refractivity contribution in [1.29, 1.82) is 0 Å². The fourth-order valence-electron chi connectivity index (χ4n) is 2.30. The van der Waals surface area contributed by atoms with Gasteiger partial charge in [-0.05, 0) is 44.4 Å². The molecular weight excluding hydrogens is 285 g/mol. The lowest BCUT2D eigenvalue weighted by Crippen LogP contribution is -2.50. The Morgan fingerprint density at radius 1 is 1.53 bits per heavy atom. The van der Waals surface area contributed by atoms with E-state index in [4.69, 9.17) is 0 Å². The molecular formula is C13H21Cl2N3O. The van der Waals surface area contributed by atoms with Gasteiger partial charge in [0.15, 0.2) is 0 Å². The Labute approximate surface area is 126 Å². The maximum Gasteiger partial charge on any atom is 0.244 e. The van der Waals surface area contributed by atoms with Gasteiger partial charge in [-0.15, -0.1) is 24.8 Å². The van der Waals surface area contributed by atoms with Gasteiger partial charge >= 0.3 is 0 Å². The smallest absolute Gasteiger partial charge is 0.244 e. The molecule has 0 aliphatic carbocycles. The molecule has 4 nitrogen and oxygen atoms in total. The van der Waals surface area contributed by atoms with E-state index < -0.39 is 0 Å². The number of amides is 1. The van der Waals surface area contributed by atoms with Crippen molar-refractivity contribution in [3.05, 3.63) is 24.0 Å². The zero-order chi connectivity index (χ0) is 12.3. The number of pyridine rings is 1. The second-order valence-electron chi connectivity index (χ2n) is 4.61. The van der Waals surface area contributed by atoms with Crippen molar-refractivity contribution in [2.75, 3.05) is 11.9 Å². The van der Waals surface area contributed by atoms with E-state index in [-0.39, 0.29) is 36.3 Å². The number of carbonyl (C=O) groups is 1. The van der Waals surface area contributed by atoms with Gasteiger partial charge in [0.25, 0.3) is 0 Å². The molecule has 0 bridgehead atoms. The standard InChI is InChI=1S/C13H19N3O.2ClH/c1-3-13(6-4-7-15-13)12(17)16-11-9-14-8-5-10(11)2;;/h5,8-9,15H,3-4,6-7H2,1-2H3,(H,16,17);2*1H. The molecule has 1 aromatic heterocycles. The molecule has 0 spiro atoms. The van der Waals surface area contributed by atoms with Crippen molar-refractivity contribution in [3.63, 3.8) is 0 Å². The fourth-order valence-corrected chi connectivity index (χ4v) is 2.30. The van der Waals surface area contributed by atoms with E-state index in [0.717, 1.165) is 37.1 Å². The van der Waals surface area contributed by atoms with Crippen LogP contribution in [0.4, 0.5) is 5.69 Å². The highest BCUT2D eigenvalue weighted by Crippen LogP contribution is 2.25. The molecule has 1 aliphatic heterocycles. The van der Waals surface area contributed by atoms with Gasteiger partial charge in [0.2, 0.25) is 5.91 Å². The predicted molar refractivity (Wildman–Crippen MR) is 82.4 cm³/mol. The monoisotopic (exact) mass is 305 g/mol. The number of aryl methyl sites for hydroxylation is 1. The highest BCUT2D eigenvalue weighted by Gasteiger charge is 2.39. The Kier molecular flexibility index (Phi) is 7.34. The fraction of sp³-hybridized carbons (Fsp3) is 0.538. The summed E-state index contributed by atoms with van der Waals surface area (Å²) >= 11 is 0. The van der Waals surface area contributed by atoms with E-state index in [2.05, 4.69) is 15.6 Å². The van der Waals surface area contributed by atoms with E-state index in [1.807, 2.05) is 19.9 Å². The molecule has 1 fully saturated rings. The summed E-state index contributed by atoms with van der Waals surface area (Å²) in [5.41, 5.74) is 1.46. The quantitative estimate of drug-likeness (QED) is 0.903. The molecule has 1 saturated heterocycles. The first-order valence-electron chi connectivity index (χ1n) is 6.15. The van der Waals surface area contributed by atoms with Crippen molar-refractivity contribution in [2.45, 2.75) is 38.6 Å². The maximum absolute atomic E-state index is 12.3. The van der Waals surface area contributed by atoms with Crippen LogP contribution in [-0.2, 0) is 4.79 Å². The van der Waals surface area contributed by atoms with Crippen LogP contribution in [0.3, 0.4) is 0 Å².